The van der Waals surface area contributed by atoms with Crippen LogP contribution in [0.3, 0.4) is 0 Å². The Morgan fingerprint density at radius 2 is 1.97 bits per heavy atom. The summed E-state index contributed by atoms with van der Waals surface area (Å²) in [6.45, 7) is 1.89. The number of nitrogens with two attached hydrogens (primary N) is 5. The van der Waals surface area contributed by atoms with Gasteiger partial charge in [-0.15, -0.1) is 5.10 Å². The number of amidine groups is 1. The number of sulfonamides is 1. The van der Waals surface area contributed by atoms with Gasteiger partial charge in [0, 0.05) is 43.3 Å². The van der Waals surface area contributed by atoms with Crippen LogP contribution < -0.4 is 43.3 Å². The lowest BCUT2D eigenvalue weighted by Gasteiger charge is -2.39. The fraction of sp³-hybridized carbons (Fsp3) is 0.533. The van der Waals surface area contributed by atoms with Crippen LogP contribution in [-0.4, -0.2) is 57.7 Å². The zero-order valence-electron chi connectivity index (χ0n) is 16.0. The van der Waals surface area contributed by atoms with E-state index < -0.39 is 15.6 Å². The third-order valence-electron chi connectivity index (χ3n) is 4.67. The molecule has 0 spiro atoms. The van der Waals surface area contributed by atoms with Gasteiger partial charge in [0.1, 0.15) is 4.90 Å². The smallest absolute Gasteiger partial charge is 0.240 e. The minimum absolute atomic E-state index is 0.132. The summed E-state index contributed by atoms with van der Waals surface area (Å²) in [6.07, 6.45) is 0.850. The molecule has 0 amide bonds. The molecule has 2 rings (SSSR count). The second kappa shape index (κ2) is 9.90. The molecule has 1 aromatic carbocycles. The van der Waals surface area contributed by atoms with E-state index in [0.717, 1.165) is 11.9 Å². The lowest BCUT2D eigenvalue weighted by molar-refractivity contribution is 0.0250. The number of nitrogens with zero attached hydrogens (tertiary/aromatic N) is 2. The first kappa shape index (κ1) is 23.6. The summed E-state index contributed by atoms with van der Waals surface area (Å²) in [6, 6.07) is 3.38. The van der Waals surface area contributed by atoms with E-state index in [1.165, 1.54) is 0 Å². The highest BCUT2D eigenvalue weighted by atomic mass is 32.2. The van der Waals surface area contributed by atoms with Gasteiger partial charge in [0.2, 0.25) is 10.0 Å². The molecule has 1 saturated heterocycles. The van der Waals surface area contributed by atoms with Gasteiger partial charge in [0.15, 0.2) is 5.84 Å². The molecule has 13 N–H and O–H groups in total. The summed E-state index contributed by atoms with van der Waals surface area (Å²) < 4.78 is 27.9. The maximum Gasteiger partial charge on any atom is 0.240 e. The van der Waals surface area contributed by atoms with E-state index in [0.29, 0.717) is 49.6 Å². The number of anilines is 1. The van der Waals surface area contributed by atoms with Crippen LogP contribution in [0.15, 0.2) is 27.0 Å². The van der Waals surface area contributed by atoms with Crippen molar-refractivity contribution < 1.29 is 13.5 Å². The first-order valence-corrected chi connectivity index (χ1v) is 11.3. The van der Waals surface area contributed by atoms with E-state index in [1.54, 1.807) is 12.1 Å². The molecule has 0 aromatic heterocycles. The quantitative estimate of drug-likeness (QED) is 0.0484. The molecule has 1 aliphatic rings. The molecular formula is C15H29N9O3S2. The number of hydrazone groups is 1. The van der Waals surface area contributed by atoms with Crippen LogP contribution in [0, 0.1) is 0 Å². The Labute approximate surface area is 174 Å². The molecule has 12 nitrogen and oxygen atoms in total. The average Bonchev–Trinajstić information content (AvgIpc) is 2.68. The molecule has 0 atom stereocenters. The second-order valence-electron chi connectivity index (χ2n) is 6.66. The number of rotatable bonds is 9. The largest absolute Gasteiger partial charge is 0.388 e. The first-order chi connectivity index (χ1) is 13.7. The van der Waals surface area contributed by atoms with Gasteiger partial charge in [0.25, 0.3) is 0 Å². The van der Waals surface area contributed by atoms with E-state index in [1.807, 2.05) is 4.90 Å². The van der Waals surface area contributed by atoms with Gasteiger partial charge >= 0.3 is 0 Å². The van der Waals surface area contributed by atoms with Gasteiger partial charge in [-0.25, -0.2) is 24.9 Å². The molecule has 1 aromatic rings. The fourth-order valence-electron chi connectivity index (χ4n) is 3.11. The molecule has 0 bridgehead atoms. The van der Waals surface area contributed by atoms with Crippen LogP contribution in [-0.2, 0) is 10.0 Å². The van der Waals surface area contributed by atoms with Gasteiger partial charge in [-0.1, -0.05) is 0 Å². The van der Waals surface area contributed by atoms with Crippen LogP contribution >= 0.6 is 11.9 Å². The summed E-state index contributed by atoms with van der Waals surface area (Å²) in [5.41, 5.74) is 19.0. The van der Waals surface area contributed by atoms with E-state index >= 15 is 0 Å². The van der Waals surface area contributed by atoms with Crippen molar-refractivity contribution in [3.05, 3.63) is 17.7 Å². The highest BCUT2D eigenvalue weighted by Crippen LogP contribution is 2.36. The number of benzene rings is 1. The van der Waals surface area contributed by atoms with Gasteiger partial charge in [-0.3, -0.25) is 4.72 Å². The molecule has 1 fully saturated rings. The lowest BCUT2D eigenvalue weighted by Crippen LogP contribution is -2.49. The van der Waals surface area contributed by atoms with Crippen LogP contribution in [0.1, 0.15) is 18.4 Å². The standard InChI is InChI=1S/C15H29N9O3S2/c16-5-6-21-28-11-2-1-10(24-7-3-15(25,9-17)4-8-24)12(14(18)22-23-19)13(11)29(20,26)27/h1-2,21,23,25H,3-9,16-17,19H2,(H2,18,22)(H2,20,26,27). The van der Waals surface area contributed by atoms with Crippen molar-refractivity contribution in [3.63, 3.8) is 0 Å². The topological polar surface area (TPSA) is 224 Å². The monoisotopic (exact) mass is 447 g/mol. The maximum absolute atomic E-state index is 12.5. The molecule has 0 radical (unpaired) electrons. The number of hydrazine groups is 1. The Hall–Kier alpha value is -1.65. The lowest BCUT2D eigenvalue weighted by atomic mass is 9.91. The Morgan fingerprint density at radius 3 is 2.48 bits per heavy atom. The van der Waals surface area contributed by atoms with E-state index in [9.17, 15) is 13.5 Å². The number of piperidine rings is 1. The second-order valence-corrected chi connectivity index (χ2v) is 9.09. The highest BCUT2D eigenvalue weighted by molar-refractivity contribution is 7.98. The van der Waals surface area contributed by atoms with Crippen molar-refractivity contribution in [2.75, 3.05) is 37.6 Å². The average molecular weight is 448 g/mol. The number of nitrogens with one attached hydrogen (secondary N) is 2. The van der Waals surface area contributed by atoms with Crippen LogP contribution in [0.2, 0.25) is 0 Å². The minimum atomic E-state index is -4.17. The van der Waals surface area contributed by atoms with E-state index in [4.69, 9.17) is 28.2 Å². The third kappa shape index (κ3) is 5.70. The van der Waals surface area contributed by atoms with Gasteiger partial charge in [-0.2, -0.15) is 0 Å². The summed E-state index contributed by atoms with van der Waals surface area (Å²) in [5.74, 6) is 5.12. The SMILES string of the molecule is NCCNSc1ccc(N2CCC(O)(CN)CC2)c(/C(N)=N/NN)c1S(N)(=O)=O. The molecule has 1 aliphatic heterocycles. The molecule has 164 valence electrons. The Morgan fingerprint density at radius 1 is 1.31 bits per heavy atom. The number of primary sulfonamides is 1. The summed E-state index contributed by atoms with van der Waals surface area (Å²) in [4.78, 5) is 2.10. The Kier molecular flexibility index (Phi) is 8.07. The molecule has 0 aliphatic carbocycles. The summed E-state index contributed by atoms with van der Waals surface area (Å²) in [5, 5.41) is 19.7. The number of hydrogen-bond donors (Lipinski definition) is 8. The number of aliphatic hydroxyl groups is 1. The van der Waals surface area contributed by atoms with Crippen molar-refractivity contribution >= 4 is 33.5 Å². The number of hydrogen-bond acceptors (Lipinski definition) is 11. The van der Waals surface area contributed by atoms with Crippen molar-refractivity contribution in [1.82, 2.24) is 10.3 Å². The first-order valence-electron chi connectivity index (χ1n) is 8.93. The van der Waals surface area contributed by atoms with Gasteiger partial charge < -0.3 is 27.2 Å². The molecule has 1 heterocycles. The van der Waals surface area contributed by atoms with Gasteiger partial charge in [-0.05, 0) is 36.9 Å². The zero-order chi connectivity index (χ0) is 21.7. The van der Waals surface area contributed by atoms with E-state index in [2.05, 4.69) is 15.4 Å². The van der Waals surface area contributed by atoms with Crippen LogP contribution in [0.5, 0.6) is 0 Å². The molecule has 0 unspecified atom stereocenters. The third-order valence-corrected chi connectivity index (χ3v) is 6.70. The Balaban J connectivity index is 2.58. The van der Waals surface area contributed by atoms with Gasteiger partial charge in [0.05, 0.1) is 11.2 Å². The predicted octanol–water partition coefficient (Wildman–Crippen LogP) is -2.74. The van der Waals surface area contributed by atoms with E-state index in [-0.39, 0.29) is 22.8 Å². The molecular weight excluding hydrogens is 418 g/mol. The molecule has 29 heavy (non-hydrogen) atoms. The summed E-state index contributed by atoms with van der Waals surface area (Å²) >= 11 is 1.08. The maximum atomic E-state index is 12.5. The van der Waals surface area contributed by atoms with Crippen LogP contribution in [0.25, 0.3) is 0 Å². The normalized spacial score (nSPS) is 17.4. The minimum Gasteiger partial charge on any atom is -0.388 e. The van der Waals surface area contributed by atoms with Crippen molar-refractivity contribution in [2.45, 2.75) is 28.2 Å². The molecule has 14 heteroatoms. The highest BCUT2D eigenvalue weighted by Gasteiger charge is 2.34. The molecule has 0 saturated carbocycles. The van der Waals surface area contributed by atoms with Crippen molar-refractivity contribution in [3.8, 4) is 0 Å². The predicted molar refractivity (Wildman–Crippen MR) is 114 cm³/mol. The Bertz CT molecular complexity index is 840. The van der Waals surface area contributed by atoms with Crippen molar-refractivity contribution in [1.29, 1.82) is 0 Å². The fourth-order valence-corrected chi connectivity index (χ4v) is 5.13. The zero-order valence-corrected chi connectivity index (χ0v) is 17.6. The van der Waals surface area contributed by atoms with Crippen LogP contribution in [0.4, 0.5) is 5.69 Å². The van der Waals surface area contributed by atoms with Crippen molar-refractivity contribution in [2.24, 2.45) is 33.3 Å². The summed E-state index contributed by atoms with van der Waals surface area (Å²) in [7, 11) is -4.17.